The zero-order valence-corrected chi connectivity index (χ0v) is 10.00. The molecule has 0 aromatic carbocycles. The van der Waals surface area contributed by atoms with Crippen molar-refractivity contribution < 1.29 is 9.53 Å². The molecule has 0 atom stereocenters. The Bertz CT molecular complexity index is 186. The van der Waals surface area contributed by atoms with Gasteiger partial charge in [0.25, 0.3) is 0 Å². The number of esters is 1. The van der Waals surface area contributed by atoms with Crippen LogP contribution < -0.4 is 0 Å². The van der Waals surface area contributed by atoms with Crippen molar-refractivity contribution in [2.75, 3.05) is 26.7 Å². The van der Waals surface area contributed by atoms with Gasteiger partial charge in [-0.15, -0.1) is 0 Å². The minimum absolute atomic E-state index is 0.0248. The number of carbonyl (C=O) groups is 1. The highest BCUT2D eigenvalue weighted by Crippen LogP contribution is 2.18. The normalized spacial score (nSPS) is 19.1. The lowest BCUT2D eigenvalue weighted by Crippen LogP contribution is -2.37. The zero-order chi connectivity index (χ0) is 11.1. The van der Waals surface area contributed by atoms with Crippen molar-refractivity contribution in [1.29, 1.82) is 0 Å². The van der Waals surface area contributed by atoms with Crippen molar-refractivity contribution in [2.24, 2.45) is 5.92 Å². The predicted molar refractivity (Wildman–Crippen MR) is 60.7 cm³/mol. The lowest BCUT2D eigenvalue weighted by atomic mass is 9.97. The molecule has 3 heteroatoms. The number of ether oxygens (including phenoxy) is 1. The molecule has 0 aromatic heterocycles. The topological polar surface area (TPSA) is 29.5 Å². The molecule has 1 saturated heterocycles. The van der Waals surface area contributed by atoms with Gasteiger partial charge in [0.05, 0.1) is 13.0 Å². The summed E-state index contributed by atoms with van der Waals surface area (Å²) in [6.45, 7) is 5.54. The Morgan fingerprint density at radius 1 is 1.33 bits per heavy atom. The minimum atomic E-state index is -0.0248. The van der Waals surface area contributed by atoms with E-state index in [0.717, 1.165) is 25.9 Å². The molecule has 0 aliphatic carbocycles. The van der Waals surface area contributed by atoms with E-state index >= 15 is 0 Å². The second-order valence-electron chi connectivity index (χ2n) is 4.35. The molecule has 3 nitrogen and oxygen atoms in total. The van der Waals surface area contributed by atoms with Gasteiger partial charge in [-0.25, -0.2) is 0 Å². The molecule has 0 radical (unpaired) electrons. The molecule has 1 heterocycles. The summed E-state index contributed by atoms with van der Waals surface area (Å²) in [6.07, 6.45) is 5.83. The maximum Gasteiger partial charge on any atom is 0.308 e. The summed E-state index contributed by atoms with van der Waals surface area (Å²) in [7, 11) is 1.48. The quantitative estimate of drug-likeness (QED) is 0.517. The Balaban J connectivity index is 2.15. The zero-order valence-electron chi connectivity index (χ0n) is 10.00. The molecule has 0 amide bonds. The lowest BCUT2D eigenvalue weighted by molar-refractivity contribution is -0.147. The number of likely N-dealkylation sites (tertiary alicyclic amines) is 1. The first-order chi connectivity index (χ1) is 7.27. The fourth-order valence-corrected chi connectivity index (χ4v) is 2.14. The van der Waals surface area contributed by atoms with Crippen LogP contribution in [0.15, 0.2) is 0 Å². The fourth-order valence-electron chi connectivity index (χ4n) is 2.14. The molecule has 0 N–H and O–H groups in total. The number of carbonyl (C=O) groups excluding carboxylic acids is 1. The number of methoxy groups -OCH3 is 1. The number of piperidine rings is 1. The number of rotatable bonds is 5. The van der Waals surface area contributed by atoms with E-state index < -0.39 is 0 Å². The molecule has 1 rings (SSSR count). The first-order valence-electron chi connectivity index (χ1n) is 6.08. The van der Waals surface area contributed by atoms with E-state index in [1.54, 1.807) is 0 Å². The summed E-state index contributed by atoms with van der Waals surface area (Å²) in [5, 5.41) is 0. The largest absolute Gasteiger partial charge is 0.469 e. The van der Waals surface area contributed by atoms with Crippen LogP contribution in [0.25, 0.3) is 0 Å². The number of nitrogens with zero attached hydrogens (tertiary/aromatic N) is 1. The molecule has 0 aromatic rings. The Morgan fingerprint density at radius 3 is 2.53 bits per heavy atom. The molecular weight excluding hydrogens is 190 g/mol. The molecule has 0 bridgehead atoms. The van der Waals surface area contributed by atoms with Crippen molar-refractivity contribution in [3.63, 3.8) is 0 Å². The molecule has 15 heavy (non-hydrogen) atoms. The summed E-state index contributed by atoms with van der Waals surface area (Å²) in [6, 6.07) is 0. The SMILES string of the molecule is CCCCCN1CCC(C(=O)OC)CC1. The van der Waals surface area contributed by atoms with E-state index in [1.165, 1.54) is 32.9 Å². The maximum absolute atomic E-state index is 11.3. The first kappa shape index (κ1) is 12.5. The summed E-state index contributed by atoms with van der Waals surface area (Å²) < 4.78 is 4.77. The number of hydrogen-bond donors (Lipinski definition) is 0. The average Bonchev–Trinajstić information content (AvgIpc) is 2.29. The monoisotopic (exact) mass is 213 g/mol. The van der Waals surface area contributed by atoms with E-state index in [1.807, 2.05) is 0 Å². The molecule has 0 spiro atoms. The van der Waals surface area contributed by atoms with Crippen LogP contribution in [-0.2, 0) is 9.53 Å². The van der Waals surface area contributed by atoms with E-state index in [2.05, 4.69) is 11.8 Å². The van der Waals surface area contributed by atoms with Crippen molar-refractivity contribution in [3.05, 3.63) is 0 Å². The van der Waals surface area contributed by atoms with Crippen molar-refractivity contribution in [1.82, 2.24) is 4.90 Å². The second kappa shape index (κ2) is 6.83. The van der Waals surface area contributed by atoms with Crippen molar-refractivity contribution in [3.8, 4) is 0 Å². The molecule has 1 aliphatic rings. The highest BCUT2D eigenvalue weighted by atomic mass is 16.5. The summed E-state index contributed by atoms with van der Waals surface area (Å²) in [5.74, 6) is 0.126. The number of hydrogen-bond acceptors (Lipinski definition) is 3. The molecule has 1 fully saturated rings. The van der Waals surface area contributed by atoms with Crippen LogP contribution in [-0.4, -0.2) is 37.6 Å². The summed E-state index contributed by atoms with van der Waals surface area (Å²) in [5.41, 5.74) is 0. The highest BCUT2D eigenvalue weighted by Gasteiger charge is 2.24. The van der Waals surface area contributed by atoms with Crippen molar-refractivity contribution >= 4 is 5.97 Å². The second-order valence-corrected chi connectivity index (χ2v) is 4.35. The summed E-state index contributed by atoms with van der Waals surface area (Å²) in [4.78, 5) is 13.8. The lowest BCUT2D eigenvalue weighted by Gasteiger charge is -2.30. The molecule has 1 aliphatic heterocycles. The van der Waals surface area contributed by atoms with Crippen LogP contribution in [0.4, 0.5) is 0 Å². The van der Waals surface area contributed by atoms with Gasteiger partial charge in [0.1, 0.15) is 0 Å². The van der Waals surface area contributed by atoms with Gasteiger partial charge in [-0.2, -0.15) is 0 Å². The molecule has 88 valence electrons. The van der Waals surface area contributed by atoms with E-state index in [-0.39, 0.29) is 11.9 Å². The molecule has 0 unspecified atom stereocenters. The molecular formula is C12H23NO2. The van der Waals surface area contributed by atoms with Crippen LogP contribution in [0, 0.1) is 5.92 Å². The Morgan fingerprint density at radius 2 is 2.00 bits per heavy atom. The van der Waals surface area contributed by atoms with Gasteiger partial charge in [-0.05, 0) is 38.9 Å². The smallest absolute Gasteiger partial charge is 0.308 e. The standard InChI is InChI=1S/C12H23NO2/c1-3-4-5-8-13-9-6-11(7-10-13)12(14)15-2/h11H,3-10H2,1-2H3. The molecule has 0 saturated carbocycles. The van der Waals surface area contributed by atoms with Crippen LogP contribution in [0.1, 0.15) is 39.0 Å². The number of unbranched alkanes of at least 4 members (excludes halogenated alkanes) is 2. The maximum atomic E-state index is 11.3. The van der Waals surface area contributed by atoms with Crippen LogP contribution >= 0.6 is 0 Å². The van der Waals surface area contributed by atoms with Gasteiger partial charge in [0.15, 0.2) is 0 Å². The minimum Gasteiger partial charge on any atom is -0.469 e. The third kappa shape index (κ3) is 4.20. The van der Waals surface area contributed by atoms with Gasteiger partial charge < -0.3 is 9.64 Å². The fraction of sp³-hybridized carbons (Fsp3) is 0.917. The third-order valence-electron chi connectivity index (χ3n) is 3.20. The first-order valence-corrected chi connectivity index (χ1v) is 6.08. The Hall–Kier alpha value is -0.570. The van der Waals surface area contributed by atoms with Gasteiger partial charge >= 0.3 is 5.97 Å². The average molecular weight is 213 g/mol. The van der Waals surface area contributed by atoms with Crippen LogP contribution in [0.5, 0.6) is 0 Å². The third-order valence-corrected chi connectivity index (χ3v) is 3.20. The van der Waals surface area contributed by atoms with E-state index in [9.17, 15) is 4.79 Å². The van der Waals surface area contributed by atoms with Crippen LogP contribution in [0.3, 0.4) is 0 Å². The van der Waals surface area contributed by atoms with E-state index in [0.29, 0.717) is 0 Å². The highest BCUT2D eigenvalue weighted by molar-refractivity contribution is 5.72. The van der Waals surface area contributed by atoms with Crippen LogP contribution in [0.2, 0.25) is 0 Å². The van der Waals surface area contributed by atoms with Gasteiger partial charge in [0, 0.05) is 0 Å². The van der Waals surface area contributed by atoms with Gasteiger partial charge in [-0.3, -0.25) is 4.79 Å². The Labute approximate surface area is 92.8 Å². The van der Waals surface area contributed by atoms with Crippen molar-refractivity contribution in [2.45, 2.75) is 39.0 Å². The predicted octanol–water partition coefficient (Wildman–Crippen LogP) is 2.06. The summed E-state index contributed by atoms with van der Waals surface area (Å²) >= 11 is 0. The Kier molecular flexibility index (Phi) is 5.69. The van der Waals surface area contributed by atoms with Gasteiger partial charge in [0.2, 0.25) is 0 Å². The van der Waals surface area contributed by atoms with Gasteiger partial charge in [-0.1, -0.05) is 19.8 Å². The van der Waals surface area contributed by atoms with E-state index in [4.69, 9.17) is 4.74 Å².